The molecule has 118 valence electrons. The van der Waals surface area contributed by atoms with Gasteiger partial charge in [0.1, 0.15) is 0 Å². The zero-order valence-electron chi connectivity index (χ0n) is 13.9. The molecule has 1 heteroatoms. The van der Waals surface area contributed by atoms with Gasteiger partial charge in [-0.3, -0.25) is 0 Å². The molecule has 0 fully saturated rings. The molecule has 1 N–H and O–H groups in total. The lowest BCUT2D eigenvalue weighted by atomic mass is 10.0. The number of hydrogen-bond donors (Lipinski definition) is 1. The number of hydrogen-bond acceptors (Lipinski definition) is 1. The molecule has 0 spiro atoms. The fraction of sp³-hybridized carbons (Fsp3) is 0.273. The van der Waals surface area contributed by atoms with Gasteiger partial charge in [0, 0.05) is 12.2 Å². The molecule has 23 heavy (non-hydrogen) atoms. The van der Waals surface area contributed by atoms with Crippen molar-refractivity contribution in [3.05, 3.63) is 77.9 Å². The quantitative estimate of drug-likeness (QED) is 0.578. The summed E-state index contributed by atoms with van der Waals surface area (Å²) in [5, 5.41) is 6.11. The molecular formula is C22H25N. The van der Waals surface area contributed by atoms with Crippen molar-refractivity contribution in [1.82, 2.24) is 0 Å². The highest BCUT2D eigenvalue weighted by Gasteiger charge is 2.00. The van der Waals surface area contributed by atoms with Crippen LogP contribution in [0.3, 0.4) is 0 Å². The highest BCUT2D eigenvalue weighted by molar-refractivity contribution is 5.86. The van der Waals surface area contributed by atoms with Gasteiger partial charge in [-0.1, -0.05) is 61.5 Å². The van der Waals surface area contributed by atoms with Gasteiger partial charge in [-0.25, -0.2) is 0 Å². The topological polar surface area (TPSA) is 12.0 Å². The van der Waals surface area contributed by atoms with E-state index < -0.39 is 0 Å². The van der Waals surface area contributed by atoms with E-state index in [1.165, 1.54) is 34.0 Å². The standard InChI is InChI=1S/C22H25N/c1-2-15-23-22-14-13-20-16-19(11-12-21(20)17-22)10-6-9-18-7-4-3-5-8-18/h3-5,7-8,11-14,16-17,23H,2,6,9-10,15H2,1H3. The van der Waals surface area contributed by atoms with Crippen molar-refractivity contribution < 1.29 is 0 Å². The molecule has 0 radical (unpaired) electrons. The van der Waals surface area contributed by atoms with Gasteiger partial charge < -0.3 is 5.32 Å². The van der Waals surface area contributed by atoms with Crippen LogP contribution in [0.5, 0.6) is 0 Å². The summed E-state index contributed by atoms with van der Waals surface area (Å²) in [4.78, 5) is 0. The van der Waals surface area contributed by atoms with E-state index in [2.05, 4.69) is 79.0 Å². The summed E-state index contributed by atoms with van der Waals surface area (Å²) in [7, 11) is 0. The van der Waals surface area contributed by atoms with Crippen molar-refractivity contribution in [2.24, 2.45) is 0 Å². The van der Waals surface area contributed by atoms with Gasteiger partial charge in [-0.2, -0.15) is 0 Å². The molecule has 0 unspecified atom stereocenters. The smallest absolute Gasteiger partial charge is 0.0346 e. The first-order chi connectivity index (χ1) is 11.3. The number of nitrogens with one attached hydrogen (secondary N) is 1. The second-order valence-corrected chi connectivity index (χ2v) is 6.16. The van der Waals surface area contributed by atoms with Gasteiger partial charge >= 0.3 is 0 Å². The summed E-state index contributed by atoms with van der Waals surface area (Å²) < 4.78 is 0. The van der Waals surface area contributed by atoms with Crippen LogP contribution in [-0.4, -0.2) is 6.54 Å². The number of anilines is 1. The molecule has 0 aromatic heterocycles. The van der Waals surface area contributed by atoms with Crippen LogP contribution in [0.25, 0.3) is 10.8 Å². The summed E-state index contributed by atoms with van der Waals surface area (Å²) in [6, 6.07) is 24.3. The molecule has 3 aromatic carbocycles. The minimum atomic E-state index is 1.03. The molecule has 0 amide bonds. The van der Waals surface area contributed by atoms with E-state index in [0.29, 0.717) is 0 Å². The summed E-state index contributed by atoms with van der Waals surface area (Å²) in [6.07, 6.45) is 4.64. The first kappa shape index (κ1) is 15.6. The number of fused-ring (bicyclic) bond motifs is 1. The van der Waals surface area contributed by atoms with Gasteiger partial charge in [0.05, 0.1) is 0 Å². The molecule has 0 heterocycles. The fourth-order valence-electron chi connectivity index (χ4n) is 2.97. The van der Waals surface area contributed by atoms with Crippen LogP contribution in [0.2, 0.25) is 0 Å². The van der Waals surface area contributed by atoms with E-state index in [9.17, 15) is 0 Å². The second-order valence-electron chi connectivity index (χ2n) is 6.16. The van der Waals surface area contributed by atoms with Gasteiger partial charge in [-0.05, 0) is 59.7 Å². The van der Waals surface area contributed by atoms with E-state index in [1.807, 2.05) is 0 Å². The van der Waals surface area contributed by atoms with Crippen LogP contribution < -0.4 is 5.32 Å². The fourth-order valence-corrected chi connectivity index (χ4v) is 2.97. The van der Waals surface area contributed by atoms with Crippen molar-refractivity contribution in [2.45, 2.75) is 32.6 Å². The van der Waals surface area contributed by atoms with Crippen LogP contribution in [0, 0.1) is 0 Å². The summed E-state index contributed by atoms with van der Waals surface area (Å²) in [6.45, 7) is 3.22. The van der Waals surface area contributed by atoms with Crippen molar-refractivity contribution in [3.8, 4) is 0 Å². The van der Waals surface area contributed by atoms with Crippen LogP contribution >= 0.6 is 0 Å². The highest BCUT2D eigenvalue weighted by atomic mass is 14.9. The maximum Gasteiger partial charge on any atom is 0.0346 e. The molecule has 0 saturated carbocycles. The van der Waals surface area contributed by atoms with Gasteiger partial charge in [0.15, 0.2) is 0 Å². The third-order valence-corrected chi connectivity index (χ3v) is 4.26. The molecule has 0 atom stereocenters. The zero-order valence-corrected chi connectivity index (χ0v) is 13.9. The Bertz CT molecular complexity index is 746. The van der Waals surface area contributed by atoms with Crippen molar-refractivity contribution in [1.29, 1.82) is 0 Å². The molecule has 3 aromatic rings. The minimum Gasteiger partial charge on any atom is -0.385 e. The Morgan fingerprint density at radius 3 is 2.30 bits per heavy atom. The Morgan fingerprint density at radius 2 is 1.48 bits per heavy atom. The van der Waals surface area contributed by atoms with E-state index in [-0.39, 0.29) is 0 Å². The van der Waals surface area contributed by atoms with Crippen LogP contribution in [-0.2, 0) is 12.8 Å². The number of aryl methyl sites for hydroxylation is 2. The summed E-state index contributed by atoms with van der Waals surface area (Å²) in [5.74, 6) is 0. The molecule has 3 rings (SSSR count). The molecule has 0 saturated heterocycles. The Balaban J connectivity index is 1.63. The Hall–Kier alpha value is -2.28. The van der Waals surface area contributed by atoms with Crippen LogP contribution in [0.15, 0.2) is 66.7 Å². The molecule has 1 nitrogen and oxygen atoms in total. The largest absolute Gasteiger partial charge is 0.385 e. The maximum absolute atomic E-state index is 3.45. The summed E-state index contributed by atoms with van der Waals surface area (Å²) in [5.41, 5.74) is 4.08. The molecule has 0 aliphatic rings. The van der Waals surface area contributed by atoms with Crippen molar-refractivity contribution in [2.75, 3.05) is 11.9 Å². The lowest BCUT2D eigenvalue weighted by Gasteiger charge is -2.08. The van der Waals surface area contributed by atoms with Crippen molar-refractivity contribution >= 4 is 16.5 Å². The van der Waals surface area contributed by atoms with Crippen molar-refractivity contribution in [3.63, 3.8) is 0 Å². The zero-order chi connectivity index (χ0) is 15.9. The van der Waals surface area contributed by atoms with E-state index in [0.717, 1.165) is 25.8 Å². The van der Waals surface area contributed by atoms with E-state index in [1.54, 1.807) is 0 Å². The predicted molar refractivity (Wildman–Crippen MR) is 101 cm³/mol. The first-order valence-electron chi connectivity index (χ1n) is 8.65. The molecular weight excluding hydrogens is 278 g/mol. The average molecular weight is 303 g/mol. The lowest BCUT2D eigenvalue weighted by Crippen LogP contribution is -1.99. The highest BCUT2D eigenvalue weighted by Crippen LogP contribution is 2.21. The Kier molecular flexibility index (Phi) is 5.31. The molecule has 0 aliphatic heterocycles. The first-order valence-corrected chi connectivity index (χ1v) is 8.65. The van der Waals surface area contributed by atoms with E-state index in [4.69, 9.17) is 0 Å². The average Bonchev–Trinajstić information content (AvgIpc) is 2.61. The molecule has 0 bridgehead atoms. The second kappa shape index (κ2) is 7.82. The summed E-state index contributed by atoms with van der Waals surface area (Å²) >= 11 is 0. The van der Waals surface area contributed by atoms with Gasteiger partial charge in [0.25, 0.3) is 0 Å². The lowest BCUT2D eigenvalue weighted by molar-refractivity contribution is 0.821. The van der Waals surface area contributed by atoms with Gasteiger partial charge in [0.2, 0.25) is 0 Å². The monoisotopic (exact) mass is 303 g/mol. The van der Waals surface area contributed by atoms with Crippen LogP contribution in [0.4, 0.5) is 5.69 Å². The Morgan fingerprint density at radius 1 is 0.739 bits per heavy atom. The van der Waals surface area contributed by atoms with Gasteiger partial charge in [-0.15, -0.1) is 0 Å². The maximum atomic E-state index is 3.45. The normalized spacial score (nSPS) is 10.8. The SMILES string of the molecule is CCCNc1ccc2cc(CCCc3ccccc3)ccc2c1. The van der Waals surface area contributed by atoms with E-state index >= 15 is 0 Å². The third kappa shape index (κ3) is 4.35. The number of rotatable bonds is 7. The Labute approximate surface area is 139 Å². The molecule has 0 aliphatic carbocycles. The predicted octanol–water partition coefficient (Wildman–Crippen LogP) is 5.84. The minimum absolute atomic E-state index is 1.03. The van der Waals surface area contributed by atoms with Crippen LogP contribution in [0.1, 0.15) is 30.9 Å². The number of benzene rings is 3. The third-order valence-electron chi connectivity index (χ3n) is 4.26.